The molecule has 0 spiro atoms. The predicted octanol–water partition coefficient (Wildman–Crippen LogP) is 4.79. The molecule has 1 N–H and O–H groups in total. The molecule has 178 valence electrons. The number of rotatable bonds is 5. The summed E-state index contributed by atoms with van der Waals surface area (Å²) in [5.41, 5.74) is 3.19. The number of hydrogen-bond donors (Lipinski definition) is 1. The van der Waals surface area contributed by atoms with Crippen LogP contribution in [0.25, 0.3) is 0 Å². The molecule has 1 aliphatic carbocycles. The molecule has 1 aliphatic heterocycles. The Kier molecular flexibility index (Phi) is 6.89. The number of hydrogen-bond acceptors (Lipinski definition) is 5. The quantitative estimate of drug-likeness (QED) is 0.446. The molecule has 7 nitrogen and oxygen atoms in total. The molecule has 2 aliphatic rings. The standard InChI is InChI=1S/C26H27BrN2O5/c1-14-4-9-19-20(10-14)25(32)29(24(19)31)18-7-5-17(6-8-18)26(33)34-13-23(30)28-22-12-15(2)21(27)11-16(22)3/h5-8,11-12,14,19-20H,4,9-10,13H2,1-3H3,(H,28,30)/t14-,19-,20-/m1/s1. The van der Waals surface area contributed by atoms with Gasteiger partial charge in [0.2, 0.25) is 11.8 Å². The summed E-state index contributed by atoms with van der Waals surface area (Å²) in [4.78, 5) is 51.6. The normalized spacial score (nSPS) is 21.9. The number of carbonyl (C=O) groups is 4. The molecule has 1 heterocycles. The van der Waals surface area contributed by atoms with Crippen molar-refractivity contribution < 1.29 is 23.9 Å². The molecule has 1 saturated carbocycles. The number of imide groups is 1. The zero-order chi connectivity index (χ0) is 24.6. The number of nitrogens with zero attached hydrogens (tertiary/aromatic N) is 1. The van der Waals surface area contributed by atoms with Crippen LogP contribution in [0.1, 0.15) is 47.7 Å². The van der Waals surface area contributed by atoms with Crippen LogP contribution >= 0.6 is 15.9 Å². The molecule has 2 aromatic rings. The third-order valence-electron chi connectivity index (χ3n) is 6.66. The van der Waals surface area contributed by atoms with Crippen molar-refractivity contribution in [3.05, 3.63) is 57.6 Å². The van der Waals surface area contributed by atoms with Gasteiger partial charge in [0, 0.05) is 10.2 Å². The van der Waals surface area contributed by atoms with Crippen molar-refractivity contribution >= 4 is 51.0 Å². The van der Waals surface area contributed by atoms with E-state index in [0.29, 0.717) is 17.3 Å². The van der Waals surface area contributed by atoms with Crippen molar-refractivity contribution in [1.29, 1.82) is 0 Å². The number of nitrogens with one attached hydrogen (secondary N) is 1. The van der Waals surface area contributed by atoms with Gasteiger partial charge in [0.25, 0.3) is 5.91 Å². The first-order valence-corrected chi connectivity index (χ1v) is 12.2. The fourth-order valence-corrected chi connectivity index (χ4v) is 5.16. The molecule has 3 amide bonds. The summed E-state index contributed by atoms with van der Waals surface area (Å²) < 4.78 is 6.09. The number of carbonyl (C=O) groups excluding carboxylic acids is 4. The minimum atomic E-state index is -0.660. The third kappa shape index (κ3) is 4.78. The molecule has 34 heavy (non-hydrogen) atoms. The van der Waals surface area contributed by atoms with Gasteiger partial charge in [-0.2, -0.15) is 0 Å². The molecule has 2 aromatic carbocycles. The minimum absolute atomic E-state index is 0.160. The van der Waals surface area contributed by atoms with Crippen LogP contribution in [0.3, 0.4) is 0 Å². The maximum Gasteiger partial charge on any atom is 0.338 e. The molecule has 4 rings (SSSR count). The fraction of sp³-hybridized carbons (Fsp3) is 0.385. The monoisotopic (exact) mass is 526 g/mol. The van der Waals surface area contributed by atoms with Crippen molar-refractivity contribution in [2.75, 3.05) is 16.8 Å². The van der Waals surface area contributed by atoms with Gasteiger partial charge in [-0.15, -0.1) is 0 Å². The number of anilines is 2. The van der Waals surface area contributed by atoms with Crippen LogP contribution in [0.15, 0.2) is 40.9 Å². The summed E-state index contributed by atoms with van der Waals surface area (Å²) in [7, 11) is 0. The van der Waals surface area contributed by atoms with Gasteiger partial charge >= 0.3 is 5.97 Å². The number of halogens is 1. The van der Waals surface area contributed by atoms with Gasteiger partial charge in [-0.3, -0.25) is 19.3 Å². The molecule has 0 aromatic heterocycles. The van der Waals surface area contributed by atoms with E-state index in [0.717, 1.165) is 34.9 Å². The summed E-state index contributed by atoms with van der Waals surface area (Å²) in [5.74, 6) is -1.49. The molecule has 2 fully saturated rings. The second-order valence-electron chi connectivity index (χ2n) is 9.23. The zero-order valence-electron chi connectivity index (χ0n) is 19.4. The Morgan fingerprint density at radius 3 is 2.41 bits per heavy atom. The highest BCUT2D eigenvalue weighted by Gasteiger charge is 2.49. The van der Waals surface area contributed by atoms with E-state index in [2.05, 4.69) is 28.2 Å². The van der Waals surface area contributed by atoms with Gasteiger partial charge in [0.1, 0.15) is 0 Å². The van der Waals surface area contributed by atoms with E-state index in [9.17, 15) is 19.2 Å². The highest BCUT2D eigenvalue weighted by molar-refractivity contribution is 9.10. The lowest BCUT2D eigenvalue weighted by Crippen LogP contribution is -2.30. The van der Waals surface area contributed by atoms with Crippen LogP contribution in [-0.4, -0.2) is 30.3 Å². The van der Waals surface area contributed by atoms with E-state index < -0.39 is 18.5 Å². The Morgan fingerprint density at radius 1 is 1.03 bits per heavy atom. The summed E-state index contributed by atoms with van der Waals surface area (Å²) in [6.07, 6.45) is 2.42. The number of esters is 1. The van der Waals surface area contributed by atoms with Crippen LogP contribution < -0.4 is 10.2 Å². The average Bonchev–Trinajstić information content (AvgIpc) is 3.05. The second-order valence-corrected chi connectivity index (χ2v) is 10.1. The number of ether oxygens (including phenoxy) is 1. The molecular formula is C26H27BrN2O5. The van der Waals surface area contributed by atoms with Gasteiger partial charge in [0.15, 0.2) is 6.61 Å². The van der Waals surface area contributed by atoms with Gasteiger partial charge in [-0.05, 0) is 86.6 Å². The number of benzene rings is 2. The Labute approximate surface area is 207 Å². The highest BCUT2D eigenvalue weighted by Crippen LogP contribution is 2.42. The number of amides is 3. The smallest absolute Gasteiger partial charge is 0.338 e. The minimum Gasteiger partial charge on any atom is -0.452 e. The van der Waals surface area contributed by atoms with Gasteiger partial charge in [0.05, 0.1) is 23.1 Å². The van der Waals surface area contributed by atoms with Crippen LogP contribution in [0.4, 0.5) is 11.4 Å². The van der Waals surface area contributed by atoms with E-state index >= 15 is 0 Å². The average molecular weight is 527 g/mol. The van der Waals surface area contributed by atoms with E-state index in [1.54, 1.807) is 12.1 Å². The van der Waals surface area contributed by atoms with Crippen molar-refractivity contribution in [3.8, 4) is 0 Å². The van der Waals surface area contributed by atoms with Crippen LogP contribution in [0.2, 0.25) is 0 Å². The maximum atomic E-state index is 12.9. The molecule has 1 saturated heterocycles. The van der Waals surface area contributed by atoms with Crippen molar-refractivity contribution in [2.24, 2.45) is 17.8 Å². The first-order valence-electron chi connectivity index (χ1n) is 11.4. The van der Waals surface area contributed by atoms with Gasteiger partial charge < -0.3 is 10.1 Å². The summed E-state index contributed by atoms with van der Waals surface area (Å²) in [6.45, 7) is 5.47. The maximum absolute atomic E-state index is 12.9. The number of aryl methyl sites for hydroxylation is 2. The molecule has 3 atom stereocenters. The Morgan fingerprint density at radius 2 is 1.71 bits per heavy atom. The van der Waals surface area contributed by atoms with Crippen molar-refractivity contribution in [1.82, 2.24) is 0 Å². The first-order chi connectivity index (χ1) is 16.2. The first kappa shape index (κ1) is 24.1. The predicted molar refractivity (Wildman–Crippen MR) is 131 cm³/mol. The largest absolute Gasteiger partial charge is 0.452 e. The van der Waals surface area contributed by atoms with Crippen molar-refractivity contribution in [2.45, 2.75) is 40.0 Å². The fourth-order valence-electron chi connectivity index (χ4n) is 4.71. The Bertz CT molecular complexity index is 1160. The van der Waals surface area contributed by atoms with E-state index in [-0.39, 0.29) is 29.2 Å². The van der Waals surface area contributed by atoms with Gasteiger partial charge in [-0.1, -0.05) is 22.9 Å². The van der Waals surface area contributed by atoms with Crippen molar-refractivity contribution in [3.63, 3.8) is 0 Å². The summed E-state index contributed by atoms with van der Waals surface area (Å²) >= 11 is 3.45. The Balaban J connectivity index is 1.36. The van der Waals surface area contributed by atoms with E-state index in [1.807, 2.05) is 26.0 Å². The zero-order valence-corrected chi connectivity index (χ0v) is 21.0. The molecule has 0 unspecified atom stereocenters. The Hall–Kier alpha value is -3.00. The summed E-state index contributed by atoms with van der Waals surface area (Å²) in [5, 5.41) is 2.75. The van der Waals surface area contributed by atoms with E-state index in [4.69, 9.17) is 4.74 Å². The van der Waals surface area contributed by atoms with Gasteiger partial charge in [-0.25, -0.2) is 4.79 Å². The lowest BCUT2D eigenvalue weighted by molar-refractivity contribution is -0.122. The molecule has 8 heteroatoms. The van der Waals surface area contributed by atoms with Crippen LogP contribution in [0, 0.1) is 31.6 Å². The molecular weight excluding hydrogens is 500 g/mol. The molecule has 0 radical (unpaired) electrons. The lowest BCUT2D eigenvalue weighted by Gasteiger charge is -2.25. The topological polar surface area (TPSA) is 92.8 Å². The second kappa shape index (κ2) is 9.70. The number of fused-ring (bicyclic) bond motifs is 1. The molecule has 0 bridgehead atoms. The van der Waals surface area contributed by atoms with E-state index in [1.165, 1.54) is 17.0 Å². The third-order valence-corrected chi connectivity index (χ3v) is 7.52. The lowest BCUT2D eigenvalue weighted by atomic mass is 9.76. The van der Waals surface area contributed by atoms with Crippen LogP contribution in [-0.2, 0) is 19.1 Å². The van der Waals surface area contributed by atoms with Crippen LogP contribution in [0.5, 0.6) is 0 Å². The SMILES string of the molecule is Cc1cc(NC(=O)COC(=O)c2ccc(N3C(=O)[C@@H]4CC[C@@H](C)C[C@H]4C3=O)cc2)c(C)cc1Br. The highest BCUT2D eigenvalue weighted by atomic mass is 79.9. The summed E-state index contributed by atoms with van der Waals surface area (Å²) in [6, 6.07) is 9.90.